The predicted octanol–water partition coefficient (Wildman–Crippen LogP) is 4.75. The third kappa shape index (κ3) is 9.34. The Kier molecular flexibility index (Phi) is 10.7. The van der Waals surface area contributed by atoms with Gasteiger partial charge in [-0.3, -0.25) is 14.4 Å². The van der Waals surface area contributed by atoms with Gasteiger partial charge in [0.15, 0.2) is 6.10 Å². The highest BCUT2D eigenvalue weighted by molar-refractivity contribution is 6.31. The van der Waals surface area contributed by atoms with Crippen LogP contribution in [0.25, 0.3) is 0 Å². The van der Waals surface area contributed by atoms with Gasteiger partial charge in [-0.15, -0.1) is 0 Å². The van der Waals surface area contributed by atoms with Crippen molar-refractivity contribution in [3.05, 3.63) is 70.3 Å². The first-order chi connectivity index (χ1) is 16.5. The monoisotopic (exact) mass is 504 g/mol. The highest BCUT2D eigenvalue weighted by Gasteiger charge is 2.44. The quantitative estimate of drug-likeness (QED) is 0.272. The summed E-state index contributed by atoms with van der Waals surface area (Å²) in [5.41, 5.74) is 3.75. The van der Waals surface area contributed by atoms with Crippen LogP contribution >= 0.6 is 11.6 Å². The molecular formula is C27H33ClO7. The zero-order valence-corrected chi connectivity index (χ0v) is 21.6. The Morgan fingerprint density at radius 3 is 2.23 bits per heavy atom. The van der Waals surface area contributed by atoms with Crippen LogP contribution in [0.4, 0.5) is 0 Å². The van der Waals surface area contributed by atoms with Crippen molar-refractivity contribution < 1.29 is 33.3 Å². The van der Waals surface area contributed by atoms with Crippen molar-refractivity contribution in [1.29, 1.82) is 0 Å². The fourth-order valence-corrected chi connectivity index (χ4v) is 3.85. The van der Waals surface area contributed by atoms with Gasteiger partial charge in [0, 0.05) is 32.2 Å². The Labute approximate surface area is 211 Å². The molecule has 0 radical (unpaired) electrons. The van der Waals surface area contributed by atoms with Crippen molar-refractivity contribution >= 4 is 29.5 Å². The summed E-state index contributed by atoms with van der Waals surface area (Å²) in [6.07, 6.45) is 1.13. The number of rotatable bonds is 9. The molecule has 2 rings (SSSR count). The van der Waals surface area contributed by atoms with Gasteiger partial charge in [-0.05, 0) is 37.5 Å². The van der Waals surface area contributed by atoms with E-state index in [1.807, 2.05) is 13.8 Å². The Morgan fingerprint density at radius 2 is 1.66 bits per heavy atom. The van der Waals surface area contributed by atoms with Gasteiger partial charge in [-0.1, -0.05) is 59.7 Å². The molecule has 0 saturated carbocycles. The number of carbonyl (C=O) groups excluding carboxylic acids is 3. The van der Waals surface area contributed by atoms with E-state index in [1.165, 1.54) is 26.3 Å². The molecule has 1 aliphatic rings. The first-order valence-corrected chi connectivity index (χ1v) is 11.7. The molecule has 0 bridgehead atoms. The van der Waals surface area contributed by atoms with E-state index in [0.29, 0.717) is 17.0 Å². The number of esters is 3. The fourth-order valence-electron chi connectivity index (χ4n) is 3.72. The number of hydrogen-bond acceptors (Lipinski definition) is 7. The van der Waals surface area contributed by atoms with Gasteiger partial charge < -0.3 is 18.9 Å². The second-order valence-electron chi connectivity index (χ2n) is 8.64. The summed E-state index contributed by atoms with van der Waals surface area (Å²) in [6, 6.07) is 8.22. The molecule has 0 aliphatic carbocycles. The maximum absolute atomic E-state index is 11.8. The molecule has 8 heteroatoms. The van der Waals surface area contributed by atoms with Crippen LogP contribution in [-0.4, -0.2) is 48.9 Å². The SMILES string of the molecule is C=C(/C=C\C(Cl)=C(/C)Cc1ccc(C)cc1)[C@@H]1O[C@H](COC(C)=O)C[C@H](OC(C)=O)[C@H]1OC(C)=O. The fraction of sp³-hybridized carbons (Fsp3) is 0.444. The van der Waals surface area contributed by atoms with Gasteiger partial charge in [0.1, 0.15) is 18.8 Å². The minimum Gasteiger partial charge on any atom is -0.463 e. The maximum Gasteiger partial charge on any atom is 0.303 e. The van der Waals surface area contributed by atoms with Crippen LogP contribution in [0.1, 0.15) is 45.2 Å². The van der Waals surface area contributed by atoms with Crippen molar-refractivity contribution in [2.45, 2.75) is 71.9 Å². The summed E-state index contributed by atoms with van der Waals surface area (Å²) < 4.78 is 22.0. The van der Waals surface area contributed by atoms with Gasteiger partial charge in [0.25, 0.3) is 0 Å². The number of aryl methyl sites for hydroxylation is 1. The van der Waals surface area contributed by atoms with Crippen LogP contribution < -0.4 is 0 Å². The van der Waals surface area contributed by atoms with Crippen molar-refractivity contribution in [2.75, 3.05) is 6.61 Å². The minimum absolute atomic E-state index is 0.0380. The lowest BCUT2D eigenvalue weighted by atomic mass is 9.93. The third-order valence-corrected chi connectivity index (χ3v) is 5.85. The zero-order chi connectivity index (χ0) is 26.1. The van der Waals surface area contributed by atoms with E-state index in [0.717, 1.165) is 11.1 Å². The lowest BCUT2D eigenvalue weighted by molar-refractivity contribution is -0.205. The van der Waals surface area contributed by atoms with E-state index in [1.54, 1.807) is 12.2 Å². The van der Waals surface area contributed by atoms with E-state index >= 15 is 0 Å². The molecule has 0 aromatic heterocycles. The smallest absolute Gasteiger partial charge is 0.303 e. The number of hydrogen-bond donors (Lipinski definition) is 0. The van der Waals surface area contributed by atoms with Gasteiger partial charge in [-0.2, -0.15) is 0 Å². The molecule has 1 saturated heterocycles. The Bertz CT molecular complexity index is 993. The third-order valence-electron chi connectivity index (χ3n) is 5.40. The molecule has 7 nitrogen and oxygen atoms in total. The summed E-state index contributed by atoms with van der Waals surface area (Å²) in [5, 5.41) is 0.541. The molecule has 4 atom stereocenters. The average Bonchev–Trinajstić information content (AvgIpc) is 2.77. The van der Waals surface area contributed by atoms with Crippen molar-refractivity contribution in [1.82, 2.24) is 0 Å². The first kappa shape index (κ1) is 28.3. The highest BCUT2D eigenvalue weighted by atomic mass is 35.5. The van der Waals surface area contributed by atoms with Crippen LogP contribution in [-0.2, 0) is 39.8 Å². The van der Waals surface area contributed by atoms with Gasteiger partial charge in [-0.25, -0.2) is 0 Å². The number of carbonyl (C=O) groups is 3. The van der Waals surface area contributed by atoms with Crippen molar-refractivity contribution in [3.63, 3.8) is 0 Å². The first-order valence-electron chi connectivity index (χ1n) is 11.4. The molecule has 1 aromatic carbocycles. The van der Waals surface area contributed by atoms with E-state index in [4.69, 9.17) is 30.5 Å². The number of halogens is 1. The molecule has 0 N–H and O–H groups in total. The summed E-state index contributed by atoms with van der Waals surface area (Å²) in [7, 11) is 0. The van der Waals surface area contributed by atoms with Crippen LogP contribution in [0.2, 0.25) is 0 Å². The Balaban J connectivity index is 2.24. The second kappa shape index (κ2) is 13.3. The summed E-state index contributed by atoms with van der Waals surface area (Å²) >= 11 is 6.53. The molecule has 190 valence electrons. The van der Waals surface area contributed by atoms with Crippen LogP contribution in [0.5, 0.6) is 0 Å². The maximum atomic E-state index is 11.8. The molecule has 0 amide bonds. The highest BCUT2D eigenvalue weighted by Crippen LogP contribution is 2.30. The number of allylic oxidation sites excluding steroid dienone is 3. The van der Waals surface area contributed by atoms with E-state index in [-0.39, 0.29) is 13.0 Å². The standard InChI is InChI=1S/C27H33ClO7/c1-16-7-10-22(11-8-16)13-18(3)24(28)12-9-17(2)26-27(34-21(6)31)25(33-20(5)30)14-23(35-26)15-32-19(4)29/h7-12,23,25-27H,2,13-15H2,1,3-6H3/b12-9-,24-18-/t23-,25-,26-,27+/m0/s1. The lowest BCUT2D eigenvalue weighted by Crippen LogP contribution is -2.53. The Hall–Kier alpha value is -2.90. The molecule has 35 heavy (non-hydrogen) atoms. The van der Waals surface area contributed by atoms with E-state index < -0.39 is 42.3 Å². The van der Waals surface area contributed by atoms with Crippen LogP contribution in [0.15, 0.2) is 59.2 Å². The Morgan fingerprint density at radius 1 is 1.03 bits per heavy atom. The summed E-state index contributed by atoms with van der Waals surface area (Å²) in [6.45, 7) is 11.8. The van der Waals surface area contributed by atoms with E-state index in [9.17, 15) is 14.4 Å². The van der Waals surface area contributed by atoms with Crippen molar-refractivity contribution in [2.24, 2.45) is 0 Å². The summed E-state index contributed by atoms with van der Waals surface area (Å²) in [4.78, 5) is 34.8. The molecule has 1 aromatic rings. The zero-order valence-electron chi connectivity index (χ0n) is 20.8. The number of benzene rings is 1. The molecule has 0 spiro atoms. The molecule has 1 heterocycles. The molecular weight excluding hydrogens is 472 g/mol. The summed E-state index contributed by atoms with van der Waals surface area (Å²) in [5.74, 6) is -1.54. The number of ether oxygens (including phenoxy) is 4. The lowest BCUT2D eigenvalue weighted by Gasteiger charge is -2.40. The molecule has 1 aliphatic heterocycles. The van der Waals surface area contributed by atoms with Gasteiger partial charge >= 0.3 is 17.9 Å². The molecule has 1 fully saturated rings. The van der Waals surface area contributed by atoms with Gasteiger partial charge in [0.05, 0.1) is 6.10 Å². The largest absolute Gasteiger partial charge is 0.463 e. The predicted molar refractivity (Wildman–Crippen MR) is 133 cm³/mol. The second-order valence-corrected chi connectivity index (χ2v) is 9.05. The average molecular weight is 505 g/mol. The van der Waals surface area contributed by atoms with E-state index in [2.05, 4.69) is 30.8 Å². The topological polar surface area (TPSA) is 88.1 Å². The van der Waals surface area contributed by atoms with Crippen LogP contribution in [0, 0.1) is 6.92 Å². The van der Waals surface area contributed by atoms with Gasteiger partial charge in [0.2, 0.25) is 0 Å². The van der Waals surface area contributed by atoms with Crippen LogP contribution in [0.3, 0.4) is 0 Å². The normalized spacial score (nSPS) is 22.8. The van der Waals surface area contributed by atoms with Crippen molar-refractivity contribution in [3.8, 4) is 0 Å². The minimum atomic E-state index is -0.918. The molecule has 0 unspecified atom stereocenters.